The van der Waals surface area contributed by atoms with Gasteiger partial charge in [0.25, 0.3) is 0 Å². The number of rotatable bonds is 10. The summed E-state index contributed by atoms with van der Waals surface area (Å²) in [5.41, 5.74) is 3.09. The first kappa shape index (κ1) is 23.8. The largest absolute Gasteiger partial charge is 0.193 e. The van der Waals surface area contributed by atoms with Crippen LogP contribution >= 0.6 is 0 Å². The van der Waals surface area contributed by atoms with Gasteiger partial charge in [-0.05, 0) is 92.6 Å². The Bertz CT molecular complexity index is 704. The highest BCUT2D eigenvalue weighted by atomic mass is 14.3. The number of unbranched alkanes of at least 4 members (excludes halogenated alkanes) is 1. The molecule has 1 nitrogen and oxygen atoms in total. The van der Waals surface area contributed by atoms with Crippen molar-refractivity contribution in [2.75, 3.05) is 0 Å². The highest BCUT2D eigenvalue weighted by Crippen LogP contribution is 2.38. The van der Waals surface area contributed by atoms with E-state index in [9.17, 15) is 0 Å². The molecule has 0 unspecified atom stereocenters. The molecule has 2 fully saturated rings. The van der Waals surface area contributed by atoms with Crippen LogP contribution in [0.15, 0.2) is 48.6 Å². The highest BCUT2D eigenvalue weighted by Gasteiger charge is 2.23. The average molecular weight is 418 g/mol. The molecule has 1 heteroatoms. The van der Waals surface area contributed by atoms with Crippen LogP contribution in [-0.2, 0) is 6.42 Å². The number of hydrogen-bond donors (Lipinski definition) is 0. The second-order valence-electron chi connectivity index (χ2n) is 10.1. The van der Waals surface area contributed by atoms with Gasteiger partial charge in [0.1, 0.15) is 0 Å². The summed E-state index contributed by atoms with van der Waals surface area (Å²) in [6.07, 6.45) is 27.2. The van der Waals surface area contributed by atoms with Gasteiger partial charge >= 0.3 is 0 Å². The summed E-state index contributed by atoms with van der Waals surface area (Å²) in [4.78, 5) is 0. The fraction of sp³-hybridized carbons (Fsp3) is 0.633. The molecule has 0 aromatic heterocycles. The van der Waals surface area contributed by atoms with Crippen molar-refractivity contribution in [3.05, 3.63) is 59.7 Å². The van der Waals surface area contributed by atoms with Crippen LogP contribution in [0.3, 0.4) is 0 Å². The van der Waals surface area contributed by atoms with Crippen molar-refractivity contribution in [1.82, 2.24) is 0 Å². The van der Waals surface area contributed by atoms with Crippen molar-refractivity contribution in [1.29, 1.82) is 5.26 Å². The standard InChI is InChI=1S/C30H43N/c1-2-8-25-16-20-29(21-17-25)30-22-18-28(19-23-30)11-6-5-10-27-14-12-26(13-15-27)9-4-3-7-24-31/h3-4,7,9,16-17,20-21,26-28,30H,2,5-6,8,10-15,18-19,22-23H2,1H3/b7-3+,9-4+/t26-,27-,28-,30-. The normalized spacial score (nSPS) is 27.0. The van der Waals surface area contributed by atoms with E-state index >= 15 is 0 Å². The minimum Gasteiger partial charge on any atom is -0.193 e. The summed E-state index contributed by atoms with van der Waals surface area (Å²) in [5, 5.41) is 8.54. The first-order chi connectivity index (χ1) is 15.3. The van der Waals surface area contributed by atoms with Crippen molar-refractivity contribution >= 4 is 0 Å². The SMILES string of the molecule is CCCc1ccc([C@H]2CC[C@H](CCCC[C@H]3CC[C@H](/C=C/C=C/C#N)CC3)CC2)cc1. The molecule has 0 atom stereocenters. The second kappa shape index (κ2) is 13.6. The van der Waals surface area contributed by atoms with Gasteiger partial charge in [0.15, 0.2) is 0 Å². The number of aryl methyl sites for hydroxylation is 1. The molecule has 2 aliphatic carbocycles. The van der Waals surface area contributed by atoms with Crippen LogP contribution in [0.1, 0.15) is 107 Å². The van der Waals surface area contributed by atoms with E-state index in [2.05, 4.69) is 43.3 Å². The third-order valence-electron chi connectivity index (χ3n) is 7.87. The van der Waals surface area contributed by atoms with E-state index in [1.54, 1.807) is 11.6 Å². The van der Waals surface area contributed by atoms with Crippen LogP contribution in [0, 0.1) is 29.1 Å². The van der Waals surface area contributed by atoms with E-state index in [1.807, 2.05) is 12.1 Å². The maximum Gasteiger partial charge on any atom is 0.0912 e. The third kappa shape index (κ3) is 8.33. The van der Waals surface area contributed by atoms with Gasteiger partial charge in [-0.1, -0.05) is 81.5 Å². The second-order valence-corrected chi connectivity index (χ2v) is 10.1. The average Bonchev–Trinajstić information content (AvgIpc) is 2.82. The van der Waals surface area contributed by atoms with Crippen molar-refractivity contribution in [3.63, 3.8) is 0 Å². The molecule has 2 aliphatic rings. The Morgan fingerprint density at radius 1 is 0.839 bits per heavy atom. The maximum atomic E-state index is 8.54. The molecule has 168 valence electrons. The van der Waals surface area contributed by atoms with E-state index in [4.69, 9.17) is 5.26 Å². The number of hydrogen-bond acceptors (Lipinski definition) is 1. The Labute approximate surface area is 191 Å². The minimum atomic E-state index is 0.734. The van der Waals surface area contributed by atoms with Crippen molar-refractivity contribution in [3.8, 4) is 6.07 Å². The topological polar surface area (TPSA) is 23.8 Å². The van der Waals surface area contributed by atoms with Crippen LogP contribution in [0.4, 0.5) is 0 Å². The molecule has 31 heavy (non-hydrogen) atoms. The number of allylic oxidation sites excluding steroid dienone is 4. The molecule has 0 amide bonds. The first-order valence-electron chi connectivity index (χ1n) is 13.1. The fourth-order valence-electron chi connectivity index (χ4n) is 5.88. The fourth-order valence-corrected chi connectivity index (χ4v) is 5.88. The summed E-state index contributed by atoms with van der Waals surface area (Å²) < 4.78 is 0. The molecular formula is C30H43N. The van der Waals surface area contributed by atoms with Crippen molar-refractivity contribution in [2.24, 2.45) is 17.8 Å². The van der Waals surface area contributed by atoms with Crippen LogP contribution in [-0.4, -0.2) is 0 Å². The van der Waals surface area contributed by atoms with E-state index in [-0.39, 0.29) is 0 Å². The lowest BCUT2D eigenvalue weighted by molar-refractivity contribution is 0.273. The molecule has 3 rings (SSSR count). The van der Waals surface area contributed by atoms with Gasteiger partial charge in [-0.25, -0.2) is 0 Å². The lowest BCUT2D eigenvalue weighted by atomic mass is 9.76. The molecule has 1 aromatic rings. The monoisotopic (exact) mass is 417 g/mol. The van der Waals surface area contributed by atoms with Crippen LogP contribution in [0.25, 0.3) is 0 Å². The molecular weight excluding hydrogens is 374 g/mol. The van der Waals surface area contributed by atoms with Gasteiger partial charge in [-0.2, -0.15) is 5.26 Å². The van der Waals surface area contributed by atoms with Gasteiger partial charge in [-0.15, -0.1) is 0 Å². The van der Waals surface area contributed by atoms with Crippen LogP contribution in [0.2, 0.25) is 0 Å². The highest BCUT2D eigenvalue weighted by molar-refractivity contribution is 5.26. The quantitative estimate of drug-likeness (QED) is 0.212. The predicted octanol–water partition coefficient (Wildman–Crippen LogP) is 8.92. The summed E-state index contributed by atoms with van der Waals surface area (Å²) in [5.74, 6) is 3.49. The molecule has 1 aromatic carbocycles. The summed E-state index contributed by atoms with van der Waals surface area (Å²) >= 11 is 0. The Morgan fingerprint density at radius 3 is 2.03 bits per heavy atom. The Morgan fingerprint density at radius 2 is 1.45 bits per heavy atom. The molecule has 0 saturated heterocycles. The lowest BCUT2D eigenvalue weighted by Crippen LogP contribution is -2.14. The van der Waals surface area contributed by atoms with Gasteiger partial charge < -0.3 is 0 Å². The van der Waals surface area contributed by atoms with Gasteiger partial charge in [-0.3, -0.25) is 0 Å². The molecule has 0 spiro atoms. The summed E-state index contributed by atoms with van der Waals surface area (Å²) in [6.45, 7) is 2.26. The Hall–Kier alpha value is -1.81. The van der Waals surface area contributed by atoms with E-state index in [0.29, 0.717) is 0 Å². The number of benzene rings is 1. The number of nitrogens with zero attached hydrogens (tertiary/aromatic N) is 1. The van der Waals surface area contributed by atoms with Gasteiger partial charge in [0.05, 0.1) is 6.07 Å². The van der Waals surface area contributed by atoms with E-state index in [1.165, 1.54) is 95.5 Å². The van der Waals surface area contributed by atoms with Crippen LogP contribution < -0.4 is 0 Å². The zero-order valence-corrected chi connectivity index (χ0v) is 19.8. The molecule has 0 heterocycles. The minimum absolute atomic E-state index is 0.734. The zero-order valence-electron chi connectivity index (χ0n) is 19.8. The Kier molecular flexibility index (Phi) is 10.4. The molecule has 2 saturated carbocycles. The predicted molar refractivity (Wildman–Crippen MR) is 133 cm³/mol. The van der Waals surface area contributed by atoms with Gasteiger partial charge in [0.2, 0.25) is 0 Å². The van der Waals surface area contributed by atoms with Gasteiger partial charge in [0, 0.05) is 6.08 Å². The first-order valence-corrected chi connectivity index (χ1v) is 13.1. The third-order valence-corrected chi connectivity index (χ3v) is 7.87. The van der Waals surface area contributed by atoms with Crippen LogP contribution in [0.5, 0.6) is 0 Å². The summed E-state index contributed by atoms with van der Waals surface area (Å²) in [7, 11) is 0. The van der Waals surface area contributed by atoms with E-state index in [0.717, 1.165) is 23.7 Å². The van der Waals surface area contributed by atoms with Crippen molar-refractivity contribution < 1.29 is 0 Å². The molecule has 0 radical (unpaired) electrons. The molecule has 0 N–H and O–H groups in total. The van der Waals surface area contributed by atoms with Crippen molar-refractivity contribution in [2.45, 2.75) is 103 Å². The summed E-state index contributed by atoms with van der Waals surface area (Å²) in [6, 6.07) is 11.6. The maximum absolute atomic E-state index is 8.54. The molecule has 0 aliphatic heterocycles. The van der Waals surface area contributed by atoms with E-state index < -0.39 is 0 Å². The zero-order chi connectivity index (χ0) is 21.7. The molecule has 0 bridgehead atoms. The number of nitriles is 1. The lowest BCUT2D eigenvalue weighted by Gasteiger charge is -2.29. The smallest absolute Gasteiger partial charge is 0.0912 e. The Balaban J connectivity index is 1.25.